The second-order valence-electron chi connectivity index (χ2n) is 3.79. The SMILES string of the molecule is NC(=O)C(=O)N/N=C\c1ccc(/C=N\NC(=O)C(N)=O)cc1. The van der Waals surface area contributed by atoms with Crippen molar-refractivity contribution in [1.82, 2.24) is 10.9 Å². The molecule has 6 N–H and O–H groups in total. The monoisotopic (exact) mass is 304 g/mol. The largest absolute Gasteiger partial charge is 0.361 e. The lowest BCUT2D eigenvalue weighted by Gasteiger charge is -1.97. The Balaban J connectivity index is 2.56. The number of nitrogens with two attached hydrogens (primary N) is 2. The fourth-order valence-electron chi connectivity index (χ4n) is 1.11. The first kappa shape index (κ1) is 16.5. The van der Waals surface area contributed by atoms with Crippen LogP contribution in [-0.2, 0) is 19.2 Å². The third-order valence-electron chi connectivity index (χ3n) is 2.14. The number of benzene rings is 1. The molecule has 0 radical (unpaired) electrons. The maximum Gasteiger partial charge on any atom is 0.329 e. The summed E-state index contributed by atoms with van der Waals surface area (Å²) in [5.74, 6) is -4.32. The fourth-order valence-corrected chi connectivity index (χ4v) is 1.11. The van der Waals surface area contributed by atoms with Gasteiger partial charge in [-0.15, -0.1) is 0 Å². The summed E-state index contributed by atoms with van der Waals surface area (Å²) < 4.78 is 0. The van der Waals surface area contributed by atoms with Crippen LogP contribution in [0.2, 0.25) is 0 Å². The van der Waals surface area contributed by atoms with Crippen molar-refractivity contribution in [2.24, 2.45) is 21.7 Å². The fraction of sp³-hybridized carbons (Fsp3) is 0. The number of amides is 4. The van der Waals surface area contributed by atoms with Crippen LogP contribution in [0, 0.1) is 0 Å². The van der Waals surface area contributed by atoms with Crippen molar-refractivity contribution in [2.45, 2.75) is 0 Å². The van der Waals surface area contributed by atoms with Crippen molar-refractivity contribution in [3.05, 3.63) is 35.4 Å². The molecule has 0 saturated carbocycles. The van der Waals surface area contributed by atoms with Gasteiger partial charge < -0.3 is 11.5 Å². The Morgan fingerprint density at radius 3 is 1.36 bits per heavy atom. The number of rotatable bonds is 4. The van der Waals surface area contributed by atoms with Crippen LogP contribution in [0.4, 0.5) is 0 Å². The van der Waals surface area contributed by atoms with E-state index >= 15 is 0 Å². The molecule has 0 atom stereocenters. The summed E-state index contributed by atoms with van der Waals surface area (Å²) >= 11 is 0. The lowest BCUT2D eigenvalue weighted by Crippen LogP contribution is -2.32. The number of carbonyl (C=O) groups is 4. The van der Waals surface area contributed by atoms with E-state index in [9.17, 15) is 19.2 Å². The van der Waals surface area contributed by atoms with Crippen LogP contribution in [-0.4, -0.2) is 36.1 Å². The molecule has 0 saturated heterocycles. The summed E-state index contributed by atoms with van der Waals surface area (Å²) in [6, 6.07) is 6.54. The van der Waals surface area contributed by atoms with Gasteiger partial charge in [-0.2, -0.15) is 10.2 Å². The molecule has 4 amide bonds. The second kappa shape index (κ2) is 7.89. The maximum atomic E-state index is 10.8. The van der Waals surface area contributed by atoms with Crippen molar-refractivity contribution in [3.63, 3.8) is 0 Å². The van der Waals surface area contributed by atoms with Crippen LogP contribution in [0.3, 0.4) is 0 Å². The Morgan fingerprint density at radius 1 is 0.773 bits per heavy atom. The van der Waals surface area contributed by atoms with Gasteiger partial charge in [0.25, 0.3) is 0 Å². The number of hydrogen-bond donors (Lipinski definition) is 4. The smallest absolute Gasteiger partial charge is 0.329 e. The normalized spacial score (nSPS) is 10.5. The van der Waals surface area contributed by atoms with Crippen LogP contribution in [0.25, 0.3) is 0 Å². The number of carbonyl (C=O) groups excluding carboxylic acids is 4. The molecule has 22 heavy (non-hydrogen) atoms. The average Bonchev–Trinajstić information content (AvgIpc) is 2.48. The van der Waals surface area contributed by atoms with E-state index in [0.29, 0.717) is 11.1 Å². The number of nitrogens with one attached hydrogen (secondary N) is 2. The van der Waals surface area contributed by atoms with Gasteiger partial charge >= 0.3 is 23.6 Å². The van der Waals surface area contributed by atoms with Gasteiger partial charge in [-0.3, -0.25) is 19.2 Å². The maximum absolute atomic E-state index is 10.8. The molecule has 114 valence electrons. The summed E-state index contributed by atoms with van der Waals surface area (Å²) in [6.07, 6.45) is 2.60. The molecule has 0 aliphatic heterocycles. The predicted octanol–water partition coefficient (Wildman–Crippen LogP) is -2.44. The summed E-state index contributed by atoms with van der Waals surface area (Å²) in [5, 5.41) is 7.06. The molecule has 0 aliphatic rings. The van der Waals surface area contributed by atoms with Gasteiger partial charge in [-0.25, -0.2) is 10.9 Å². The van der Waals surface area contributed by atoms with Crippen LogP contribution in [0.5, 0.6) is 0 Å². The Kier molecular flexibility index (Phi) is 5.92. The third kappa shape index (κ3) is 5.61. The van der Waals surface area contributed by atoms with Gasteiger partial charge in [-0.05, 0) is 11.1 Å². The van der Waals surface area contributed by atoms with Crippen molar-refractivity contribution in [1.29, 1.82) is 0 Å². The van der Waals surface area contributed by atoms with Crippen LogP contribution < -0.4 is 22.3 Å². The van der Waals surface area contributed by atoms with E-state index in [2.05, 4.69) is 10.2 Å². The van der Waals surface area contributed by atoms with E-state index in [1.54, 1.807) is 24.3 Å². The minimum Gasteiger partial charge on any atom is -0.361 e. The molecule has 0 fully saturated rings. The molecule has 1 rings (SSSR count). The first-order valence-electron chi connectivity index (χ1n) is 5.76. The van der Waals surface area contributed by atoms with Crippen molar-refractivity contribution >= 4 is 36.1 Å². The molecule has 1 aromatic carbocycles. The quantitative estimate of drug-likeness (QED) is 0.275. The zero-order chi connectivity index (χ0) is 16.5. The van der Waals surface area contributed by atoms with Gasteiger partial charge in [-0.1, -0.05) is 24.3 Å². The van der Waals surface area contributed by atoms with E-state index < -0.39 is 23.6 Å². The van der Waals surface area contributed by atoms with Crippen LogP contribution in [0.1, 0.15) is 11.1 Å². The Hall–Kier alpha value is -3.56. The molecular weight excluding hydrogens is 292 g/mol. The van der Waals surface area contributed by atoms with Gasteiger partial charge in [0.2, 0.25) is 0 Å². The van der Waals surface area contributed by atoms with E-state index in [0.717, 1.165) is 0 Å². The molecule has 0 aromatic heterocycles. The highest BCUT2D eigenvalue weighted by atomic mass is 16.2. The van der Waals surface area contributed by atoms with Gasteiger partial charge in [0.1, 0.15) is 0 Å². The molecule has 10 nitrogen and oxygen atoms in total. The first-order chi connectivity index (χ1) is 10.4. The third-order valence-corrected chi connectivity index (χ3v) is 2.14. The minimum atomic E-state index is -1.14. The van der Waals surface area contributed by atoms with E-state index in [4.69, 9.17) is 11.5 Å². The summed E-state index contributed by atoms with van der Waals surface area (Å²) in [7, 11) is 0. The zero-order valence-corrected chi connectivity index (χ0v) is 11.1. The van der Waals surface area contributed by atoms with Gasteiger partial charge in [0.15, 0.2) is 0 Å². The van der Waals surface area contributed by atoms with Gasteiger partial charge in [0, 0.05) is 0 Å². The molecule has 0 heterocycles. The lowest BCUT2D eigenvalue weighted by atomic mass is 10.2. The van der Waals surface area contributed by atoms with Crippen molar-refractivity contribution < 1.29 is 19.2 Å². The Bertz CT molecular complexity index is 593. The summed E-state index contributed by atoms with van der Waals surface area (Å²) in [6.45, 7) is 0. The average molecular weight is 304 g/mol. The highest BCUT2D eigenvalue weighted by Gasteiger charge is 2.05. The highest BCUT2D eigenvalue weighted by Crippen LogP contribution is 1.99. The zero-order valence-electron chi connectivity index (χ0n) is 11.1. The van der Waals surface area contributed by atoms with Gasteiger partial charge in [0.05, 0.1) is 12.4 Å². The predicted molar refractivity (Wildman–Crippen MR) is 76.3 cm³/mol. The number of nitrogens with zero attached hydrogens (tertiary/aromatic N) is 2. The molecular formula is C12H12N6O4. The highest BCUT2D eigenvalue weighted by molar-refractivity contribution is 6.34. The molecule has 0 aliphatic carbocycles. The summed E-state index contributed by atoms with van der Waals surface area (Å²) in [5.41, 5.74) is 14.6. The van der Waals surface area contributed by atoms with E-state index in [1.165, 1.54) is 12.4 Å². The number of primary amides is 2. The topological polar surface area (TPSA) is 169 Å². The Morgan fingerprint density at radius 2 is 1.09 bits per heavy atom. The number of hydrogen-bond acceptors (Lipinski definition) is 6. The first-order valence-corrected chi connectivity index (χ1v) is 5.76. The summed E-state index contributed by atoms with van der Waals surface area (Å²) in [4.78, 5) is 42.5. The minimum absolute atomic E-state index is 0.628. The number of hydrazone groups is 2. The Labute approximate surface area is 124 Å². The lowest BCUT2D eigenvalue weighted by molar-refractivity contribution is -0.137. The van der Waals surface area contributed by atoms with E-state index in [-0.39, 0.29) is 0 Å². The molecule has 1 aromatic rings. The van der Waals surface area contributed by atoms with Crippen LogP contribution >= 0.6 is 0 Å². The second-order valence-corrected chi connectivity index (χ2v) is 3.79. The molecule has 0 unspecified atom stereocenters. The van der Waals surface area contributed by atoms with Crippen LogP contribution in [0.15, 0.2) is 34.5 Å². The molecule has 10 heteroatoms. The molecule has 0 spiro atoms. The standard InChI is InChI=1S/C12H12N6O4/c13-9(19)11(21)17-15-5-7-1-2-8(4-3-7)6-16-18-12(22)10(14)20/h1-6H,(H2,13,19)(H2,14,20)(H,17,21)(H,18,22)/b15-5-,16-6-. The van der Waals surface area contributed by atoms with Crippen molar-refractivity contribution in [3.8, 4) is 0 Å². The van der Waals surface area contributed by atoms with Crippen molar-refractivity contribution in [2.75, 3.05) is 0 Å². The van der Waals surface area contributed by atoms with E-state index in [1.807, 2.05) is 10.9 Å². The molecule has 0 bridgehead atoms.